The van der Waals surface area contributed by atoms with Gasteiger partial charge in [-0.2, -0.15) is 0 Å². The molecule has 1 fully saturated rings. The highest BCUT2D eigenvalue weighted by molar-refractivity contribution is 6.16. The largest absolute Gasteiger partial charge is 0.496 e. The zero-order chi connectivity index (χ0) is 25.9. The van der Waals surface area contributed by atoms with Crippen LogP contribution in [-0.4, -0.2) is 74.6 Å². The lowest BCUT2D eigenvalue weighted by Gasteiger charge is -2.27. The molecular formula is C26H32O9. The van der Waals surface area contributed by atoms with Crippen LogP contribution >= 0.6 is 0 Å². The van der Waals surface area contributed by atoms with Gasteiger partial charge in [0.25, 0.3) is 0 Å². The molecule has 3 aromatic carbocycles. The zero-order valence-electron chi connectivity index (χ0n) is 20.7. The van der Waals surface area contributed by atoms with Crippen LogP contribution in [0, 0.1) is 6.92 Å². The number of benzene rings is 3. The van der Waals surface area contributed by atoms with Gasteiger partial charge in [-0.05, 0) is 31.5 Å². The summed E-state index contributed by atoms with van der Waals surface area (Å²) in [4.78, 5) is 11.8. The average Bonchev–Trinajstić information content (AvgIpc) is 2.84. The highest BCUT2D eigenvalue weighted by Gasteiger charge is 2.26. The number of aliphatic hydroxyl groups excluding tert-OH is 2. The maximum atomic E-state index is 11.8. The van der Waals surface area contributed by atoms with Gasteiger partial charge in [0.1, 0.15) is 34.7 Å². The second kappa shape index (κ2) is 11.0. The number of hydrogen-bond donors (Lipinski definition) is 3. The van der Waals surface area contributed by atoms with Crippen molar-refractivity contribution in [3.63, 3.8) is 0 Å². The number of aliphatic hydroxyl groups is 2. The van der Waals surface area contributed by atoms with Crippen LogP contribution in [0.4, 0.5) is 0 Å². The van der Waals surface area contributed by atoms with Crippen molar-refractivity contribution < 1.29 is 43.8 Å². The molecule has 0 bridgehead atoms. The molecule has 0 amide bonds. The van der Waals surface area contributed by atoms with Crippen molar-refractivity contribution in [1.29, 1.82) is 0 Å². The summed E-state index contributed by atoms with van der Waals surface area (Å²) in [5.41, 5.74) is 0.629. The normalized spacial score (nSPS) is 19.6. The highest BCUT2D eigenvalue weighted by Crippen LogP contribution is 2.49. The van der Waals surface area contributed by atoms with Gasteiger partial charge >= 0.3 is 5.97 Å². The van der Waals surface area contributed by atoms with E-state index in [2.05, 4.69) is 0 Å². The van der Waals surface area contributed by atoms with Crippen molar-refractivity contribution in [3.8, 4) is 23.0 Å². The van der Waals surface area contributed by atoms with Crippen LogP contribution < -0.4 is 18.9 Å². The van der Waals surface area contributed by atoms with E-state index < -0.39 is 18.2 Å². The summed E-state index contributed by atoms with van der Waals surface area (Å²) in [5.74, 6) is 0.961. The standard InChI is InChI=1S/C20H20O6.C6H12O3/c1-10-15-12(9-14(24-3)16(10)20(21)22)18(25-4)11-7-6-8-13(23-2)17(11)19(15)26-5;1-4-2-5(7)6(8)3-9-4/h6-9H,1-5H3,(H,21,22);4-8H,2-3H2,1H3/t;4?,5-,6?/m.1/s1. The molecule has 9 heteroatoms. The van der Waals surface area contributed by atoms with Crippen LogP contribution in [0.25, 0.3) is 21.5 Å². The molecule has 0 spiro atoms. The lowest BCUT2D eigenvalue weighted by molar-refractivity contribution is -0.115. The summed E-state index contributed by atoms with van der Waals surface area (Å²) in [5, 5.41) is 30.5. The number of carboxylic acid groups (broad SMARTS) is 1. The van der Waals surface area contributed by atoms with Crippen molar-refractivity contribution >= 4 is 27.5 Å². The summed E-state index contributed by atoms with van der Waals surface area (Å²) in [7, 11) is 6.15. The number of fused-ring (bicyclic) bond motifs is 2. The molecule has 0 aliphatic carbocycles. The smallest absolute Gasteiger partial charge is 0.339 e. The molecule has 4 rings (SSSR count). The third-order valence-electron chi connectivity index (χ3n) is 6.14. The number of carbonyl (C=O) groups is 1. The number of aromatic carboxylic acids is 1. The van der Waals surface area contributed by atoms with E-state index in [0.29, 0.717) is 40.0 Å². The van der Waals surface area contributed by atoms with Crippen LogP contribution in [0.15, 0.2) is 24.3 Å². The van der Waals surface area contributed by atoms with Crippen molar-refractivity contribution in [2.24, 2.45) is 0 Å². The summed E-state index contributed by atoms with van der Waals surface area (Å²) >= 11 is 0. The molecule has 0 aromatic heterocycles. The second-order valence-corrected chi connectivity index (χ2v) is 8.27. The molecule has 9 nitrogen and oxygen atoms in total. The molecule has 3 aromatic rings. The van der Waals surface area contributed by atoms with Gasteiger partial charge in [0.15, 0.2) is 0 Å². The Bertz CT molecular complexity index is 1220. The predicted octanol–water partition coefficient (Wildman–Crippen LogP) is 3.55. The number of carboxylic acids is 1. The SMILES string of the molecule is CC1C[C@@H](O)C(O)CO1.COc1cc2c(OC)c3cccc(OC)c3c(OC)c2c(C)c1C(=O)O. The van der Waals surface area contributed by atoms with Gasteiger partial charge in [-0.25, -0.2) is 4.79 Å². The van der Waals surface area contributed by atoms with Gasteiger partial charge in [0.05, 0.1) is 52.6 Å². The summed E-state index contributed by atoms with van der Waals surface area (Å²) in [6.07, 6.45) is -0.639. The highest BCUT2D eigenvalue weighted by atomic mass is 16.5. The van der Waals surface area contributed by atoms with Crippen molar-refractivity contribution in [1.82, 2.24) is 0 Å². The van der Waals surface area contributed by atoms with Crippen molar-refractivity contribution in [3.05, 3.63) is 35.4 Å². The van der Waals surface area contributed by atoms with Gasteiger partial charge in [0, 0.05) is 22.6 Å². The van der Waals surface area contributed by atoms with Crippen LogP contribution in [0.3, 0.4) is 0 Å². The van der Waals surface area contributed by atoms with Crippen molar-refractivity contribution in [2.45, 2.75) is 38.6 Å². The van der Waals surface area contributed by atoms with E-state index in [-0.39, 0.29) is 24.0 Å². The molecule has 1 aliphatic heterocycles. The Labute approximate surface area is 203 Å². The minimum atomic E-state index is -1.07. The fourth-order valence-corrected chi connectivity index (χ4v) is 4.44. The van der Waals surface area contributed by atoms with Crippen LogP contribution in [0.5, 0.6) is 23.0 Å². The van der Waals surface area contributed by atoms with Crippen molar-refractivity contribution in [2.75, 3.05) is 35.0 Å². The maximum absolute atomic E-state index is 11.8. The number of ether oxygens (including phenoxy) is 5. The van der Waals surface area contributed by atoms with Gasteiger partial charge in [-0.15, -0.1) is 0 Å². The number of aryl methyl sites for hydroxylation is 1. The summed E-state index contributed by atoms with van der Waals surface area (Å²) in [6, 6.07) is 7.27. The molecule has 1 saturated heterocycles. The Morgan fingerprint density at radius 2 is 1.57 bits per heavy atom. The third-order valence-corrected chi connectivity index (χ3v) is 6.14. The van der Waals surface area contributed by atoms with E-state index in [0.717, 1.165) is 10.8 Å². The quantitative estimate of drug-likeness (QED) is 0.463. The molecule has 3 atom stereocenters. The minimum absolute atomic E-state index is 0.0865. The van der Waals surface area contributed by atoms with E-state index in [1.807, 2.05) is 25.1 Å². The Morgan fingerprint density at radius 1 is 0.914 bits per heavy atom. The number of hydrogen-bond acceptors (Lipinski definition) is 8. The van der Waals surface area contributed by atoms with Gasteiger partial charge in [-0.3, -0.25) is 0 Å². The van der Waals surface area contributed by atoms with Crippen LogP contribution in [0.1, 0.15) is 29.3 Å². The average molecular weight is 489 g/mol. The molecular weight excluding hydrogens is 456 g/mol. The fraction of sp³-hybridized carbons (Fsp3) is 0.423. The van der Waals surface area contributed by atoms with E-state index in [1.165, 1.54) is 7.11 Å². The van der Waals surface area contributed by atoms with E-state index in [4.69, 9.17) is 33.9 Å². The molecule has 0 radical (unpaired) electrons. The minimum Gasteiger partial charge on any atom is -0.496 e. The zero-order valence-corrected chi connectivity index (χ0v) is 20.7. The predicted molar refractivity (Wildman–Crippen MR) is 131 cm³/mol. The number of rotatable bonds is 5. The van der Waals surface area contributed by atoms with Gasteiger partial charge < -0.3 is 39.0 Å². The van der Waals surface area contributed by atoms with Gasteiger partial charge in [-0.1, -0.05) is 12.1 Å². The molecule has 1 heterocycles. The first-order chi connectivity index (χ1) is 16.7. The Morgan fingerprint density at radius 3 is 2.09 bits per heavy atom. The lowest BCUT2D eigenvalue weighted by atomic mass is 9.93. The lowest BCUT2D eigenvalue weighted by Crippen LogP contribution is -2.39. The fourth-order valence-electron chi connectivity index (χ4n) is 4.44. The van der Waals surface area contributed by atoms with E-state index in [1.54, 1.807) is 34.3 Å². The van der Waals surface area contributed by atoms with Crippen LogP contribution in [-0.2, 0) is 4.74 Å². The molecule has 0 saturated carbocycles. The Kier molecular flexibility index (Phi) is 8.26. The summed E-state index contributed by atoms with van der Waals surface area (Å²) in [6.45, 7) is 3.88. The first kappa shape index (κ1) is 26.3. The third kappa shape index (κ3) is 4.93. The molecule has 190 valence electrons. The Hall–Kier alpha value is -3.27. The maximum Gasteiger partial charge on any atom is 0.339 e. The van der Waals surface area contributed by atoms with E-state index in [9.17, 15) is 9.90 Å². The molecule has 35 heavy (non-hydrogen) atoms. The molecule has 1 aliphatic rings. The van der Waals surface area contributed by atoms with Crippen LogP contribution in [0.2, 0.25) is 0 Å². The monoisotopic (exact) mass is 488 g/mol. The topological polar surface area (TPSA) is 124 Å². The summed E-state index contributed by atoms with van der Waals surface area (Å²) < 4.78 is 27.3. The van der Waals surface area contributed by atoms with Gasteiger partial charge in [0.2, 0.25) is 0 Å². The van der Waals surface area contributed by atoms with E-state index >= 15 is 0 Å². The molecule has 2 unspecified atom stereocenters. The first-order valence-corrected chi connectivity index (χ1v) is 11.1. The molecule has 3 N–H and O–H groups in total. The first-order valence-electron chi connectivity index (χ1n) is 11.1. The Balaban J connectivity index is 0.000000320. The second-order valence-electron chi connectivity index (χ2n) is 8.27. The number of methoxy groups -OCH3 is 4.